The highest BCUT2D eigenvalue weighted by atomic mass is 32.1. The van der Waals surface area contributed by atoms with Crippen LogP contribution in [0.2, 0.25) is 0 Å². The Balaban J connectivity index is 1.41. The van der Waals surface area contributed by atoms with E-state index in [0.29, 0.717) is 12.1 Å². The summed E-state index contributed by atoms with van der Waals surface area (Å²) in [6.45, 7) is 6.96. The Hall–Kier alpha value is -1.93. The largest absolute Gasteiger partial charge is 0.355 e. The quantitative estimate of drug-likeness (QED) is 0.458. The van der Waals surface area contributed by atoms with Gasteiger partial charge in [0.05, 0.1) is 12.6 Å². The maximum Gasteiger partial charge on any atom is 0.191 e. The van der Waals surface area contributed by atoms with Crippen molar-refractivity contribution in [2.45, 2.75) is 76.9 Å². The predicted molar refractivity (Wildman–Crippen MR) is 128 cm³/mol. The molecule has 0 spiro atoms. The number of aliphatic imine (C=N–C) groups is 1. The molecule has 4 rings (SSSR count). The molecule has 0 aromatic carbocycles. The molecule has 0 radical (unpaired) electrons. The number of nitrogens with one attached hydrogen (secondary N) is 2. The van der Waals surface area contributed by atoms with Crippen molar-refractivity contribution in [1.82, 2.24) is 30.3 Å². The topological polar surface area (TPSA) is 70.4 Å². The zero-order valence-electron chi connectivity index (χ0n) is 18.8. The summed E-state index contributed by atoms with van der Waals surface area (Å²) < 4.78 is 2.13. The number of hydrogen-bond donors (Lipinski definition) is 2. The van der Waals surface area contributed by atoms with Crippen LogP contribution in [0.4, 0.5) is 0 Å². The van der Waals surface area contributed by atoms with Gasteiger partial charge in [-0.25, -0.2) is 0 Å². The third-order valence-corrected chi connectivity index (χ3v) is 7.45. The molecule has 2 aliphatic rings. The minimum Gasteiger partial charge on any atom is -0.355 e. The molecule has 170 valence electrons. The number of thiophene rings is 1. The first-order chi connectivity index (χ1) is 15.3. The lowest BCUT2D eigenvalue weighted by atomic mass is 9.96. The van der Waals surface area contributed by atoms with Crippen LogP contribution in [0.5, 0.6) is 0 Å². The molecule has 1 aliphatic carbocycles. The van der Waals surface area contributed by atoms with E-state index in [2.05, 4.69) is 54.7 Å². The molecule has 7 nitrogen and oxygen atoms in total. The van der Waals surface area contributed by atoms with Crippen molar-refractivity contribution < 1.29 is 0 Å². The molecule has 0 bridgehead atoms. The molecular formula is C23H37N7S. The van der Waals surface area contributed by atoms with Gasteiger partial charge >= 0.3 is 0 Å². The van der Waals surface area contributed by atoms with Crippen LogP contribution in [0.1, 0.15) is 68.6 Å². The van der Waals surface area contributed by atoms with Crippen molar-refractivity contribution in [3.63, 3.8) is 0 Å². The van der Waals surface area contributed by atoms with Crippen molar-refractivity contribution in [2.24, 2.45) is 4.99 Å². The third kappa shape index (κ3) is 6.29. The zero-order chi connectivity index (χ0) is 21.3. The number of guanidine groups is 1. The molecule has 2 fully saturated rings. The Labute approximate surface area is 190 Å². The molecule has 0 amide bonds. The molecule has 2 aromatic rings. The Bertz CT molecular complexity index is 789. The van der Waals surface area contributed by atoms with Gasteiger partial charge in [0.25, 0.3) is 0 Å². The average molecular weight is 444 g/mol. The number of aryl methyl sites for hydroxylation is 1. The van der Waals surface area contributed by atoms with Crippen LogP contribution in [0.15, 0.2) is 28.8 Å². The van der Waals surface area contributed by atoms with Crippen molar-refractivity contribution in [3.05, 3.63) is 34.5 Å². The first-order valence-corrected chi connectivity index (χ1v) is 12.9. The number of aromatic nitrogens is 3. The number of rotatable bonds is 9. The highest BCUT2D eigenvalue weighted by Gasteiger charge is 2.24. The minimum atomic E-state index is 0.386. The minimum absolute atomic E-state index is 0.386. The molecule has 1 saturated heterocycles. The van der Waals surface area contributed by atoms with Crippen LogP contribution in [-0.4, -0.2) is 57.8 Å². The Morgan fingerprint density at radius 3 is 2.81 bits per heavy atom. The summed E-state index contributed by atoms with van der Waals surface area (Å²) in [4.78, 5) is 9.14. The van der Waals surface area contributed by atoms with Crippen molar-refractivity contribution in [1.29, 1.82) is 0 Å². The fourth-order valence-corrected chi connectivity index (χ4v) is 5.58. The van der Waals surface area contributed by atoms with Crippen molar-refractivity contribution in [2.75, 3.05) is 26.2 Å². The molecule has 1 unspecified atom stereocenters. The molecular weight excluding hydrogens is 406 g/mol. The third-order valence-electron chi connectivity index (χ3n) is 6.48. The van der Waals surface area contributed by atoms with E-state index in [1.54, 1.807) is 0 Å². The summed E-state index contributed by atoms with van der Waals surface area (Å²) in [5.74, 6) is 1.99. The smallest absolute Gasteiger partial charge is 0.191 e. The number of likely N-dealkylation sites (tertiary alicyclic amines) is 1. The standard InChI is InChI=1S/C23H37N7S/c1-2-22-28-26-18-30(22)15-12-24-23(27-19-9-4-3-5-10-19)25-17-20(21-11-8-16-31-21)29-13-6-7-14-29/h8,11,16,18-20H,2-7,9-10,12-15,17H2,1H3,(H2,24,25,27). The van der Waals surface area contributed by atoms with Gasteiger partial charge in [0.2, 0.25) is 0 Å². The van der Waals surface area contributed by atoms with Crippen LogP contribution in [0, 0.1) is 0 Å². The molecule has 3 heterocycles. The molecule has 1 aliphatic heterocycles. The average Bonchev–Trinajstić information content (AvgIpc) is 3.57. The van der Waals surface area contributed by atoms with E-state index in [1.165, 1.54) is 62.9 Å². The SMILES string of the molecule is CCc1nncn1CCNC(=NCC(c1cccs1)N1CCCC1)NC1CCCCC1. The van der Waals surface area contributed by atoms with Crippen LogP contribution >= 0.6 is 11.3 Å². The van der Waals surface area contributed by atoms with E-state index in [1.807, 2.05) is 17.7 Å². The lowest BCUT2D eigenvalue weighted by molar-refractivity contribution is 0.255. The monoisotopic (exact) mass is 443 g/mol. The van der Waals surface area contributed by atoms with E-state index >= 15 is 0 Å². The summed E-state index contributed by atoms with van der Waals surface area (Å²) in [5.41, 5.74) is 0. The van der Waals surface area contributed by atoms with Gasteiger partial charge in [-0.3, -0.25) is 9.89 Å². The van der Waals surface area contributed by atoms with Crippen LogP contribution in [0.3, 0.4) is 0 Å². The fourth-order valence-electron chi connectivity index (χ4n) is 4.72. The summed E-state index contributed by atoms with van der Waals surface area (Å²) in [6, 6.07) is 5.35. The number of nitrogens with zero attached hydrogens (tertiary/aromatic N) is 5. The second-order valence-electron chi connectivity index (χ2n) is 8.66. The highest BCUT2D eigenvalue weighted by molar-refractivity contribution is 7.10. The summed E-state index contributed by atoms with van der Waals surface area (Å²) in [7, 11) is 0. The van der Waals surface area contributed by atoms with Crippen LogP contribution < -0.4 is 10.6 Å². The van der Waals surface area contributed by atoms with Gasteiger partial charge in [-0.05, 0) is 50.2 Å². The maximum atomic E-state index is 5.10. The zero-order valence-corrected chi connectivity index (χ0v) is 19.6. The van der Waals surface area contributed by atoms with E-state index in [0.717, 1.165) is 37.8 Å². The van der Waals surface area contributed by atoms with E-state index in [-0.39, 0.29) is 0 Å². The van der Waals surface area contributed by atoms with Gasteiger partial charge in [0, 0.05) is 30.4 Å². The van der Waals surface area contributed by atoms with Gasteiger partial charge < -0.3 is 15.2 Å². The van der Waals surface area contributed by atoms with E-state index in [4.69, 9.17) is 4.99 Å². The lowest BCUT2D eigenvalue weighted by Gasteiger charge is -2.27. The van der Waals surface area contributed by atoms with Crippen molar-refractivity contribution >= 4 is 17.3 Å². The van der Waals surface area contributed by atoms with Gasteiger partial charge in [0.15, 0.2) is 5.96 Å². The Morgan fingerprint density at radius 2 is 2.06 bits per heavy atom. The maximum absolute atomic E-state index is 5.10. The van der Waals surface area contributed by atoms with Gasteiger partial charge in [-0.2, -0.15) is 0 Å². The van der Waals surface area contributed by atoms with E-state index < -0.39 is 0 Å². The highest BCUT2D eigenvalue weighted by Crippen LogP contribution is 2.28. The first-order valence-electron chi connectivity index (χ1n) is 12.0. The van der Waals surface area contributed by atoms with Gasteiger partial charge in [-0.15, -0.1) is 21.5 Å². The summed E-state index contributed by atoms with van der Waals surface area (Å²) in [5, 5.41) is 17.8. The second-order valence-corrected chi connectivity index (χ2v) is 9.64. The lowest BCUT2D eigenvalue weighted by Crippen LogP contribution is -2.45. The van der Waals surface area contributed by atoms with Gasteiger partial charge in [-0.1, -0.05) is 32.3 Å². The summed E-state index contributed by atoms with van der Waals surface area (Å²) >= 11 is 1.86. The normalized spacial score (nSPS) is 19.6. The first kappa shape index (κ1) is 22.3. The Kier molecular flexibility index (Phi) is 8.35. The molecule has 1 saturated carbocycles. The molecule has 31 heavy (non-hydrogen) atoms. The van der Waals surface area contributed by atoms with Crippen molar-refractivity contribution in [3.8, 4) is 0 Å². The second kappa shape index (κ2) is 11.6. The summed E-state index contributed by atoms with van der Waals surface area (Å²) in [6.07, 6.45) is 11.8. The predicted octanol–water partition coefficient (Wildman–Crippen LogP) is 3.61. The molecule has 1 atom stereocenters. The van der Waals surface area contributed by atoms with E-state index in [9.17, 15) is 0 Å². The van der Waals surface area contributed by atoms with Gasteiger partial charge in [0.1, 0.15) is 12.2 Å². The molecule has 2 N–H and O–H groups in total. The van der Waals surface area contributed by atoms with Crippen LogP contribution in [-0.2, 0) is 13.0 Å². The Morgan fingerprint density at radius 1 is 1.23 bits per heavy atom. The van der Waals surface area contributed by atoms with Crippen LogP contribution in [0.25, 0.3) is 0 Å². The molecule has 8 heteroatoms. The number of hydrogen-bond acceptors (Lipinski definition) is 5. The fraction of sp³-hybridized carbons (Fsp3) is 0.696. The molecule has 2 aromatic heterocycles.